The SMILES string of the molecule is CC1(C)[C@@H](O)C[C@H]1Nc1nc(NCc2cncnc2-c2ccc(F)cc2)ncc1C(F)(F)F. The largest absolute Gasteiger partial charge is 0.421 e. The van der Waals surface area contributed by atoms with E-state index in [1.54, 1.807) is 32.2 Å². The van der Waals surface area contributed by atoms with Crippen molar-refractivity contribution in [3.05, 3.63) is 59.9 Å². The van der Waals surface area contributed by atoms with Gasteiger partial charge >= 0.3 is 6.18 Å². The van der Waals surface area contributed by atoms with Gasteiger partial charge in [0.25, 0.3) is 0 Å². The van der Waals surface area contributed by atoms with Gasteiger partial charge in [0.05, 0.1) is 11.8 Å². The third-order valence-corrected chi connectivity index (χ3v) is 5.96. The molecule has 3 aromatic rings. The molecular weight excluding hydrogens is 440 g/mol. The van der Waals surface area contributed by atoms with Gasteiger partial charge in [-0.25, -0.2) is 19.3 Å². The van der Waals surface area contributed by atoms with E-state index in [0.717, 1.165) is 6.20 Å². The van der Waals surface area contributed by atoms with Gasteiger partial charge in [0, 0.05) is 41.5 Å². The Morgan fingerprint density at radius 2 is 1.85 bits per heavy atom. The predicted molar refractivity (Wildman–Crippen MR) is 114 cm³/mol. The highest BCUT2D eigenvalue weighted by atomic mass is 19.4. The van der Waals surface area contributed by atoms with Crippen LogP contribution in [0.3, 0.4) is 0 Å². The van der Waals surface area contributed by atoms with Crippen LogP contribution in [0.4, 0.5) is 29.3 Å². The van der Waals surface area contributed by atoms with E-state index in [2.05, 4.69) is 30.6 Å². The first-order valence-electron chi connectivity index (χ1n) is 10.2. The van der Waals surface area contributed by atoms with Crippen LogP contribution in [-0.4, -0.2) is 37.2 Å². The fraction of sp³-hybridized carbons (Fsp3) is 0.364. The molecule has 1 aliphatic carbocycles. The molecular formula is C22H22F4N6O. The average Bonchev–Trinajstić information content (AvgIpc) is 2.77. The molecule has 174 valence electrons. The van der Waals surface area contributed by atoms with Crippen molar-refractivity contribution < 1.29 is 22.7 Å². The minimum Gasteiger partial charge on any atom is -0.392 e. The van der Waals surface area contributed by atoms with Crippen LogP contribution < -0.4 is 10.6 Å². The third kappa shape index (κ3) is 4.72. The molecule has 0 saturated heterocycles. The van der Waals surface area contributed by atoms with Gasteiger partial charge in [-0.1, -0.05) is 13.8 Å². The van der Waals surface area contributed by atoms with Gasteiger partial charge < -0.3 is 15.7 Å². The quantitative estimate of drug-likeness (QED) is 0.471. The lowest BCUT2D eigenvalue weighted by molar-refractivity contribution is -0.137. The Morgan fingerprint density at radius 3 is 2.48 bits per heavy atom. The second kappa shape index (κ2) is 8.54. The van der Waals surface area contributed by atoms with E-state index in [9.17, 15) is 22.7 Å². The van der Waals surface area contributed by atoms with Crippen molar-refractivity contribution in [2.24, 2.45) is 5.41 Å². The highest BCUT2D eigenvalue weighted by Gasteiger charge is 2.48. The van der Waals surface area contributed by atoms with Crippen molar-refractivity contribution in [3.63, 3.8) is 0 Å². The van der Waals surface area contributed by atoms with Crippen LogP contribution in [0.2, 0.25) is 0 Å². The maximum atomic E-state index is 13.5. The molecule has 0 aliphatic heterocycles. The van der Waals surface area contributed by atoms with Crippen molar-refractivity contribution in [2.75, 3.05) is 10.6 Å². The number of nitrogens with one attached hydrogen (secondary N) is 2. The lowest BCUT2D eigenvalue weighted by atomic mass is 9.64. The fourth-order valence-electron chi connectivity index (χ4n) is 3.63. The van der Waals surface area contributed by atoms with E-state index < -0.39 is 23.3 Å². The normalized spacial score (nSPS) is 19.6. The lowest BCUT2D eigenvalue weighted by Crippen LogP contribution is -2.57. The number of anilines is 2. The fourth-order valence-corrected chi connectivity index (χ4v) is 3.63. The minimum absolute atomic E-state index is 0.0166. The molecule has 2 atom stereocenters. The van der Waals surface area contributed by atoms with E-state index in [4.69, 9.17) is 0 Å². The smallest absolute Gasteiger partial charge is 0.392 e. The summed E-state index contributed by atoms with van der Waals surface area (Å²) in [5, 5.41) is 15.6. The van der Waals surface area contributed by atoms with Crippen molar-refractivity contribution in [2.45, 2.75) is 45.1 Å². The maximum absolute atomic E-state index is 13.5. The molecule has 1 saturated carbocycles. The van der Waals surface area contributed by atoms with Crippen molar-refractivity contribution >= 4 is 11.8 Å². The monoisotopic (exact) mass is 462 g/mol. The van der Waals surface area contributed by atoms with Gasteiger partial charge in [-0.15, -0.1) is 0 Å². The maximum Gasteiger partial charge on any atom is 0.421 e. The standard InChI is InChI=1S/C22H22F4N6O/c1-21(2)16(7-17(21)33)31-19-15(22(24,25)26)10-29-20(32-19)28-9-13-8-27-11-30-18(13)12-3-5-14(23)6-4-12/h3-6,8,10-11,16-17,33H,7,9H2,1-2H3,(H2,28,29,31,32)/t16-,17+/m1/s1. The molecule has 33 heavy (non-hydrogen) atoms. The van der Waals surface area contributed by atoms with Crippen LogP contribution in [0.1, 0.15) is 31.4 Å². The Hall–Kier alpha value is -3.34. The average molecular weight is 462 g/mol. The second-order valence-corrected chi connectivity index (χ2v) is 8.48. The minimum atomic E-state index is -4.64. The zero-order valence-electron chi connectivity index (χ0n) is 17.9. The summed E-state index contributed by atoms with van der Waals surface area (Å²) in [7, 11) is 0. The highest BCUT2D eigenvalue weighted by Crippen LogP contribution is 2.43. The van der Waals surface area contributed by atoms with Crippen LogP contribution in [0.25, 0.3) is 11.3 Å². The Morgan fingerprint density at radius 1 is 1.12 bits per heavy atom. The molecule has 0 bridgehead atoms. The van der Waals surface area contributed by atoms with E-state index in [-0.39, 0.29) is 30.2 Å². The first-order chi connectivity index (χ1) is 15.6. The van der Waals surface area contributed by atoms with E-state index in [0.29, 0.717) is 23.2 Å². The van der Waals surface area contributed by atoms with Crippen LogP contribution in [-0.2, 0) is 12.7 Å². The van der Waals surface area contributed by atoms with Gasteiger partial charge in [0.15, 0.2) is 0 Å². The number of nitrogens with zero attached hydrogens (tertiary/aromatic N) is 4. The number of hydrogen-bond acceptors (Lipinski definition) is 7. The number of hydrogen-bond donors (Lipinski definition) is 3. The van der Waals surface area contributed by atoms with Gasteiger partial charge in [0.2, 0.25) is 5.95 Å². The molecule has 11 heteroatoms. The Kier molecular flexibility index (Phi) is 5.91. The molecule has 2 heterocycles. The number of benzene rings is 1. The molecule has 1 aromatic carbocycles. The van der Waals surface area contributed by atoms with Crippen molar-refractivity contribution in [1.29, 1.82) is 0 Å². The summed E-state index contributed by atoms with van der Waals surface area (Å²) in [5.74, 6) is -0.752. The molecule has 0 spiro atoms. The van der Waals surface area contributed by atoms with Gasteiger partial charge in [-0.2, -0.15) is 18.2 Å². The Balaban J connectivity index is 1.57. The number of aliphatic hydroxyl groups excluding tert-OH is 1. The lowest BCUT2D eigenvalue weighted by Gasteiger charge is -2.49. The van der Waals surface area contributed by atoms with Crippen LogP contribution in [0.15, 0.2) is 43.0 Å². The number of rotatable bonds is 6. The summed E-state index contributed by atoms with van der Waals surface area (Å²) >= 11 is 0. The molecule has 7 nitrogen and oxygen atoms in total. The predicted octanol–water partition coefficient (Wildman–Crippen LogP) is 4.27. The molecule has 1 aliphatic rings. The summed E-state index contributed by atoms with van der Waals surface area (Å²) in [6.45, 7) is 3.68. The summed E-state index contributed by atoms with van der Waals surface area (Å²) in [6, 6.07) is 5.40. The molecule has 3 N–H and O–H groups in total. The third-order valence-electron chi connectivity index (χ3n) is 5.96. The molecule has 0 unspecified atom stereocenters. The highest BCUT2D eigenvalue weighted by molar-refractivity contribution is 5.62. The summed E-state index contributed by atoms with van der Waals surface area (Å²) in [4.78, 5) is 16.1. The van der Waals surface area contributed by atoms with Crippen LogP contribution in [0, 0.1) is 11.2 Å². The van der Waals surface area contributed by atoms with E-state index >= 15 is 0 Å². The molecule has 1 fully saturated rings. The zero-order valence-corrected chi connectivity index (χ0v) is 17.9. The first-order valence-corrected chi connectivity index (χ1v) is 10.2. The van der Waals surface area contributed by atoms with E-state index in [1.165, 1.54) is 18.5 Å². The second-order valence-electron chi connectivity index (χ2n) is 8.48. The number of halogens is 4. The Bertz CT molecular complexity index is 1140. The van der Waals surface area contributed by atoms with Gasteiger partial charge in [-0.3, -0.25) is 0 Å². The number of aliphatic hydroxyl groups is 1. The van der Waals surface area contributed by atoms with Crippen molar-refractivity contribution in [1.82, 2.24) is 19.9 Å². The molecule has 4 rings (SSSR count). The van der Waals surface area contributed by atoms with Crippen LogP contribution >= 0.6 is 0 Å². The number of aromatic nitrogens is 4. The summed E-state index contributed by atoms with van der Waals surface area (Å²) in [5.41, 5.74) is 0.267. The first kappa shape index (κ1) is 22.8. The molecule has 0 amide bonds. The number of alkyl halides is 3. The Labute approximate surface area is 187 Å². The van der Waals surface area contributed by atoms with Gasteiger partial charge in [-0.05, 0) is 30.7 Å². The van der Waals surface area contributed by atoms with Crippen molar-refractivity contribution in [3.8, 4) is 11.3 Å². The van der Waals surface area contributed by atoms with E-state index in [1.807, 2.05) is 0 Å². The molecule has 0 radical (unpaired) electrons. The summed E-state index contributed by atoms with van der Waals surface area (Å²) < 4.78 is 53.8. The zero-order chi connectivity index (χ0) is 23.8. The topological polar surface area (TPSA) is 95.8 Å². The van der Waals surface area contributed by atoms with Crippen LogP contribution in [0.5, 0.6) is 0 Å². The molecule has 2 aromatic heterocycles. The summed E-state index contributed by atoms with van der Waals surface area (Å²) in [6.07, 6.45) is -1.29. The van der Waals surface area contributed by atoms with Gasteiger partial charge in [0.1, 0.15) is 23.5 Å².